The molecule has 1 aliphatic rings. The molecule has 2 aromatic carbocycles. The van der Waals surface area contributed by atoms with E-state index in [1.165, 1.54) is 30.5 Å². The summed E-state index contributed by atoms with van der Waals surface area (Å²) in [7, 11) is -3.96. The van der Waals surface area contributed by atoms with Crippen molar-refractivity contribution < 1.29 is 30.4 Å². The summed E-state index contributed by atoms with van der Waals surface area (Å²) in [6, 6.07) is 7.51. The lowest BCUT2D eigenvalue weighted by Crippen LogP contribution is -2.35. The number of alkyl halides is 5. The fourth-order valence-corrected chi connectivity index (χ4v) is 5.99. The van der Waals surface area contributed by atoms with Crippen LogP contribution in [0.1, 0.15) is 56.3 Å². The van der Waals surface area contributed by atoms with E-state index >= 15 is 0 Å². The molecular weight excluding hydrogens is 513 g/mol. The van der Waals surface area contributed by atoms with Crippen molar-refractivity contribution in [2.75, 3.05) is 0 Å². The molecule has 0 amide bonds. The Morgan fingerprint density at radius 1 is 1.14 bits per heavy atom. The average Bonchev–Trinajstić information content (AvgIpc) is 3.60. The van der Waals surface area contributed by atoms with E-state index in [-0.39, 0.29) is 27.7 Å². The van der Waals surface area contributed by atoms with E-state index in [0.717, 1.165) is 12.1 Å². The Bertz CT molecular complexity index is 1480. The Balaban J connectivity index is 1.94. The normalized spacial score (nSPS) is 15.8. The Kier molecular flexibility index (Phi) is 6.88. The van der Waals surface area contributed by atoms with E-state index in [1.807, 2.05) is 20.8 Å². The standard InChI is InChI=1S/C26H26F5N3O2S/c1-25(2,3)14-34-13-19(23(24(27)28)33-37(35,36)17-8-9-17)18-10-7-15(11-21(18)34)22-16(12-32)5-4-6-20(22)26(29,30)31/h4-7,10-11,13,17,23-24,33H,8-9,14H2,1-3H3/t23-/m0/s1. The second-order valence-corrected chi connectivity index (χ2v) is 12.5. The number of nitriles is 1. The number of rotatable bonds is 7. The van der Waals surface area contributed by atoms with Crippen molar-refractivity contribution >= 4 is 20.9 Å². The molecule has 4 rings (SSSR count). The zero-order valence-corrected chi connectivity index (χ0v) is 21.2. The Hall–Kier alpha value is -2.97. The third-order valence-electron chi connectivity index (χ3n) is 6.18. The van der Waals surface area contributed by atoms with E-state index in [9.17, 15) is 35.6 Å². The summed E-state index contributed by atoms with van der Waals surface area (Å²) in [6.45, 7) is 6.06. The monoisotopic (exact) mass is 539 g/mol. The molecule has 0 saturated heterocycles. The molecule has 1 aromatic heterocycles. The lowest BCUT2D eigenvalue weighted by molar-refractivity contribution is -0.137. The van der Waals surface area contributed by atoms with Gasteiger partial charge in [-0.1, -0.05) is 39.0 Å². The Morgan fingerprint density at radius 3 is 2.35 bits per heavy atom. The fraction of sp³-hybridized carbons (Fsp3) is 0.423. The number of hydrogen-bond acceptors (Lipinski definition) is 3. The summed E-state index contributed by atoms with van der Waals surface area (Å²) in [6.07, 6.45) is -5.54. The van der Waals surface area contributed by atoms with Gasteiger partial charge in [0.2, 0.25) is 10.0 Å². The van der Waals surface area contributed by atoms with E-state index < -0.39 is 39.5 Å². The van der Waals surface area contributed by atoms with Crippen molar-refractivity contribution in [3.8, 4) is 17.2 Å². The second-order valence-electron chi connectivity index (χ2n) is 10.5. The largest absolute Gasteiger partial charge is 0.417 e. The van der Waals surface area contributed by atoms with Gasteiger partial charge in [-0.3, -0.25) is 0 Å². The number of halogens is 5. The maximum absolute atomic E-state index is 14.2. The summed E-state index contributed by atoms with van der Waals surface area (Å²) in [5.41, 5.74) is -1.30. The molecule has 1 heterocycles. The van der Waals surface area contributed by atoms with Crippen molar-refractivity contribution in [2.45, 2.75) is 64.1 Å². The first kappa shape index (κ1) is 27.1. The number of aromatic nitrogens is 1. The smallest absolute Gasteiger partial charge is 0.347 e. The van der Waals surface area contributed by atoms with E-state index in [4.69, 9.17) is 0 Å². The van der Waals surface area contributed by atoms with Crippen LogP contribution in [0.5, 0.6) is 0 Å². The van der Waals surface area contributed by atoms with Gasteiger partial charge in [-0.15, -0.1) is 0 Å². The van der Waals surface area contributed by atoms with Crippen molar-refractivity contribution in [3.05, 3.63) is 59.3 Å². The Labute approximate surface area is 211 Å². The summed E-state index contributed by atoms with van der Waals surface area (Å²) < 4.78 is 98.7. The zero-order chi connectivity index (χ0) is 27.3. The molecule has 198 valence electrons. The van der Waals surface area contributed by atoms with Crippen molar-refractivity contribution in [1.29, 1.82) is 5.26 Å². The van der Waals surface area contributed by atoms with Gasteiger partial charge in [0.25, 0.3) is 6.43 Å². The van der Waals surface area contributed by atoms with Gasteiger partial charge < -0.3 is 4.57 Å². The third-order valence-corrected chi connectivity index (χ3v) is 8.11. The predicted octanol–water partition coefficient (Wildman–Crippen LogP) is 6.63. The quantitative estimate of drug-likeness (QED) is 0.343. The van der Waals surface area contributed by atoms with Crippen molar-refractivity contribution in [1.82, 2.24) is 9.29 Å². The summed E-state index contributed by atoms with van der Waals surface area (Å²) in [5, 5.41) is 9.10. The molecule has 1 fully saturated rings. The summed E-state index contributed by atoms with van der Waals surface area (Å²) >= 11 is 0. The van der Waals surface area contributed by atoms with Crippen molar-refractivity contribution in [2.24, 2.45) is 5.41 Å². The maximum Gasteiger partial charge on any atom is 0.417 e. The highest BCUT2D eigenvalue weighted by Crippen LogP contribution is 2.41. The van der Waals surface area contributed by atoms with Gasteiger partial charge in [-0.2, -0.15) is 18.4 Å². The summed E-state index contributed by atoms with van der Waals surface area (Å²) in [4.78, 5) is 0. The van der Waals surface area contributed by atoms with Crippen molar-refractivity contribution in [3.63, 3.8) is 0 Å². The highest BCUT2D eigenvalue weighted by atomic mass is 32.2. The van der Waals surface area contributed by atoms with Crippen LogP contribution < -0.4 is 4.72 Å². The molecule has 37 heavy (non-hydrogen) atoms. The van der Waals surface area contributed by atoms with Gasteiger partial charge in [0.05, 0.1) is 22.4 Å². The van der Waals surface area contributed by atoms with Gasteiger partial charge in [-0.25, -0.2) is 21.9 Å². The van der Waals surface area contributed by atoms with Gasteiger partial charge in [-0.05, 0) is 42.0 Å². The second kappa shape index (κ2) is 9.40. The minimum atomic E-state index is -4.72. The molecule has 0 radical (unpaired) electrons. The molecule has 0 aliphatic heterocycles. The first-order chi connectivity index (χ1) is 17.1. The molecule has 5 nitrogen and oxygen atoms in total. The third kappa shape index (κ3) is 5.65. The molecule has 1 atom stereocenters. The van der Waals surface area contributed by atoms with Crippen LogP contribution in [0.4, 0.5) is 22.0 Å². The van der Waals surface area contributed by atoms with Gasteiger partial charge in [0.15, 0.2) is 0 Å². The van der Waals surface area contributed by atoms with E-state index in [2.05, 4.69) is 4.72 Å². The molecule has 1 aliphatic carbocycles. The van der Waals surface area contributed by atoms with Crippen LogP contribution in [0.15, 0.2) is 42.6 Å². The molecule has 0 unspecified atom stereocenters. The van der Waals surface area contributed by atoms with Gasteiger partial charge in [0.1, 0.15) is 6.04 Å². The van der Waals surface area contributed by atoms with Crippen LogP contribution in [0.3, 0.4) is 0 Å². The van der Waals surface area contributed by atoms with Crippen LogP contribution in [0.2, 0.25) is 0 Å². The van der Waals surface area contributed by atoms with Gasteiger partial charge in [0, 0.05) is 34.8 Å². The average molecular weight is 540 g/mol. The lowest BCUT2D eigenvalue weighted by Gasteiger charge is -2.20. The molecule has 1 N–H and O–H groups in total. The molecule has 0 spiro atoms. The SMILES string of the molecule is CC(C)(C)Cn1cc([C@H](NS(=O)(=O)C2CC2)C(F)F)c2ccc(-c3c(C#N)cccc3C(F)(F)F)cc21. The first-order valence-corrected chi connectivity index (χ1v) is 13.2. The molecule has 0 bridgehead atoms. The summed E-state index contributed by atoms with van der Waals surface area (Å²) in [5.74, 6) is 0. The number of sulfonamides is 1. The van der Waals surface area contributed by atoms with Crippen LogP contribution in [0, 0.1) is 16.7 Å². The van der Waals surface area contributed by atoms with E-state index in [0.29, 0.717) is 30.3 Å². The van der Waals surface area contributed by atoms with Crippen LogP contribution in [-0.2, 0) is 22.7 Å². The zero-order valence-electron chi connectivity index (χ0n) is 20.4. The topological polar surface area (TPSA) is 74.9 Å². The molecular formula is C26H26F5N3O2S. The Morgan fingerprint density at radius 2 is 1.81 bits per heavy atom. The number of nitrogens with zero attached hydrogens (tertiary/aromatic N) is 2. The number of fused-ring (bicyclic) bond motifs is 1. The van der Waals surface area contributed by atoms with Crippen LogP contribution in [0.25, 0.3) is 22.0 Å². The molecule has 1 saturated carbocycles. The lowest BCUT2D eigenvalue weighted by atomic mass is 9.93. The van der Waals surface area contributed by atoms with Crippen LogP contribution in [-0.4, -0.2) is 24.7 Å². The minimum absolute atomic E-state index is 0.0367. The van der Waals surface area contributed by atoms with E-state index in [1.54, 1.807) is 10.6 Å². The molecule has 11 heteroatoms. The minimum Gasteiger partial charge on any atom is -0.347 e. The maximum atomic E-state index is 14.2. The predicted molar refractivity (Wildman–Crippen MR) is 130 cm³/mol. The number of hydrogen-bond donors (Lipinski definition) is 1. The first-order valence-electron chi connectivity index (χ1n) is 11.6. The highest BCUT2D eigenvalue weighted by molar-refractivity contribution is 7.90. The highest BCUT2D eigenvalue weighted by Gasteiger charge is 2.40. The van der Waals surface area contributed by atoms with Crippen LogP contribution >= 0.6 is 0 Å². The molecule has 3 aromatic rings. The number of benzene rings is 2. The fourth-order valence-electron chi connectivity index (χ4n) is 4.46. The van der Waals surface area contributed by atoms with Gasteiger partial charge >= 0.3 is 6.18 Å². The number of nitrogens with one attached hydrogen (secondary N) is 1.